The van der Waals surface area contributed by atoms with Gasteiger partial charge in [-0.05, 0) is 25.1 Å². The fraction of sp³-hybridized carbons (Fsp3) is 0.571. The highest BCUT2D eigenvalue weighted by molar-refractivity contribution is 6.60. The lowest BCUT2D eigenvalue weighted by Crippen LogP contribution is -2.43. The molecular formula is C14H25N3O3Si. The van der Waals surface area contributed by atoms with Crippen molar-refractivity contribution in [1.82, 2.24) is 10.3 Å². The van der Waals surface area contributed by atoms with Crippen molar-refractivity contribution in [1.29, 1.82) is 0 Å². The van der Waals surface area contributed by atoms with Gasteiger partial charge in [-0.25, -0.2) is 0 Å². The van der Waals surface area contributed by atoms with Crippen molar-refractivity contribution in [2.75, 3.05) is 41.0 Å². The van der Waals surface area contributed by atoms with E-state index in [1.54, 1.807) is 33.7 Å². The zero-order valence-electron chi connectivity index (χ0n) is 13.0. The van der Waals surface area contributed by atoms with Gasteiger partial charge in [-0.15, -0.1) is 0 Å². The normalized spacial score (nSPS) is 12.1. The van der Waals surface area contributed by atoms with Crippen molar-refractivity contribution in [3.8, 4) is 0 Å². The van der Waals surface area contributed by atoms with Crippen molar-refractivity contribution in [3.05, 3.63) is 30.1 Å². The first-order valence-electron chi connectivity index (χ1n) is 7.03. The minimum absolute atomic E-state index is 0.734. The Morgan fingerprint density at radius 2 is 1.95 bits per heavy atom. The number of rotatable bonds is 11. The van der Waals surface area contributed by atoms with Crippen LogP contribution in [0.3, 0.4) is 0 Å². The van der Waals surface area contributed by atoms with Gasteiger partial charge in [0.25, 0.3) is 0 Å². The Morgan fingerprint density at radius 1 is 1.19 bits per heavy atom. The highest BCUT2D eigenvalue weighted by Crippen LogP contribution is 2.14. The summed E-state index contributed by atoms with van der Waals surface area (Å²) in [5.74, 6) is 0. The molecule has 21 heavy (non-hydrogen) atoms. The standard InChI is InChI=1S/C14H25N3O3Si/c1-18-21(19-2,20-3)12-6-8-15-10-11-16-13-14-7-4-5-9-17-14/h4-5,7,9,13,15H,6,8,10-12H2,1-3H3. The van der Waals surface area contributed by atoms with E-state index in [0.717, 1.165) is 37.8 Å². The van der Waals surface area contributed by atoms with Gasteiger partial charge < -0.3 is 18.6 Å². The Kier molecular flexibility index (Phi) is 9.03. The smallest absolute Gasteiger partial charge is 0.377 e. The molecular weight excluding hydrogens is 286 g/mol. The van der Waals surface area contributed by atoms with Crippen LogP contribution in [-0.4, -0.2) is 61.0 Å². The summed E-state index contributed by atoms with van der Waals surface area (Å²) in [6, 6.07) is 6.58. The van der Waals surface area contributed by atoms with Crippen LogP contribution in [0.25, 0.3) is 0 Å². The fourth-order valence-electron chi connectivity index (χ4n) is 1.87. The molecule has 0 spiro atoms. The highest BCUT2D eigenvalue weighted by Gasteiger charge is 2.36. The average Bonchev–Trinajstić information content (AvgIpc) is 2.55. The largest absolute Gasteiger partial charge is 0.500 e. The molecule has 0 aliphatic heterocycles. The van der Waals surface area contributed by atoms with Crippen molar-refractivity contribution in [3.63, 3.8) is 0 Å². The van der Waals surface area contributed by atoms with Crippen LogP contribution in [0.5, 0.6) is 0 Å². The molecule has 0 fully saturated rings. The first kappa shape index (κ1) is 17.9. The molecule has 1 N–H and O–H groups in total. The zero-order valence-corrected chi connectivity index (χ0v) is 14.0. The maximum absolute atomic E-state index is 5.37. The maximum atomic E-state index is 5.37. The SMILES string of the molecule is CO[Si](CCCNCCN=Cc1ccccn1)(OC)OC. The number of hydrogen-bond donors (Lipinski definition) is 1. The summed E-state index contributed by atoms with van der Waals surface area (Å²) >= 11 is 0. The molecule has 0 unspecified atom stereocenters. The second kappa shape index (κ2) is 10.6. The van der Waals surface area contributed by atoms with E-state index in [-0.39, 0.29) is 0 Å². The molecule has 7 heteroatoms. The zero-order chi connectivity index (χ0) is 15.4. The van der Waals surface area contributed by atoms with Crippen molar-refractivity contribution in [2.45, 2.75) is 12.5 Å². The topological polar surface area (TPSA) is 65.0 Å². The predicted molar refractivity (Wildman–Crippen MR) is 85.8 cm³/mol. The fourth-order valence-corrected chi connectivity index (χ4v) is 3.59. The summed E-state index contributed by atoms with van der Waals surface area (Å²) in [7, 11) is 2.50. The molecule has 1 aromatic heterocycles. The third-order valence-corrected chi connectivity index (χ3v) is 5.93. The quantitative estimate of drug-likeness (QED) is 0.380. The number of aliphatic imine (C=N–C) groups is 1. The van der Waals surface area contributed by atoms with Gasteiger partial charge >= 0.3 is 8.80 Å². The van der Waals surface area contributed by atoms with Gasteiger partial charge in [-0.3, -0.25) is 9.98 Å². The van der Waals surface area contributed by atoms with E-state index in [1.807, 2.05) is 18.2 Å². The molecule has 0 aliphatic carbocycles. The second-order valence-corrected chi connectivity index (χ2v) is 7.53. The first-order valence-corrected chi connectivity index (χ1v) is 8.96. The van der Waals surface area contributed by atoms with Crippen LogP contribution >= 0.6 is 0 Å². The van der Waals surface area contributed by atoms with Gasteiger partial charge in [0.05, 0.1) is 12.2 Å². The second-order valence-electron chi connectivity index (χ2n) is 4.44. The minimum Gasteiger partial charge on any atom is -0.377 e. The number of pyridine rings is 1. The Bertz CT molecular complexity index is 391. The van der Waals surface area contributed by atoms with Gasteiger partial charge in [0, 0.05) is 46.3 Å². The maximum Gasteiger partial charge on any atom is 0.500 e. The van der Waals surface area contributed by atoms with Crippen molar-refractivity contribution < 1.29 is 13.3 Å². The molecule has 6 nitrogen and oxygen atoms in total. The van der Waals surface area contributed by atoms with E-state index in [1.165, 1.54) is 0 Å². The van der Waals surface area contributed by atoms with Gasteiger partial charge in [-0.1, -0.05) is 6.07 Å². The van der Waals surface area contributed by atoms with Gasteiger partial charge in [0.15, 0.2) is 0 Å². The molecule has 0 saturated heterocycles. The summed E-state index contributed by atoms with van der Waals surface area (Å²) in [4.78, 5) is 8.50. The van der Waals surface area contributed by atoms with E-state index in [2.05, 4.69) is 15.3 Å². The average molecular weight is 311 g/mol. The lowest BCUT2D eigenvalue weighted by Gasteiger charge is -2.24. The first-order chi connectivity index (χ1) is 10.3. The van der Waals surface area contributed by atoms with Crippen LogP contribution in [-0.2, 0) is 13.3 Å². The lowest BCUT2D eigenvalue weighted by atomic mass is 10.4. The molecule has 0 aromatic carbocycles. The molecule has 0 amide bonds. The van der Waals surface area contributed by atoms with Crippen molar-refractivity contribution in [2.24, 2.45) is 4.99 Å². The van der Waals surface area contributed by atoms with Crippen LogP contribution in [0.15, 0.2) is 29.4 Å². The third kappa shape index (κ3) is 6.92. The molecule has 0 saturated carbocycles. The highest BCUT2D eigenvalue weighted by atomic mass is 28.4. The molecule has 118 valence electrons. The lowest BCUT2D eigenvalue weighted by molar-refractivity contribution is 0.123. The molecule has 1 heterocycles. The Labute approximate surface area is 127 Å². The summed E-state index contributed by atoms with van der Waals surface area (Å²) in [6.45, 7) is 2.47. The molecule has 0 radical (unpaired) electrons. The Balaban J connectivity index is 2.08. The summed E-state index contributed by atoms with van der Waals surface area (Å²) in [6.07, 6.45) is 4.50. The number of nitrogens with zero attached hydrogens (tertiary/aromatic N) is 2. The number of hydrogen-bond acceptors (Lipinski definition) is 6. The van der Waals surface area contributed by atoms with Crippen LogP contribution in [0.2, 0.25) is 6.04 Å². The van der Waals surface area contributed by atoms with E-state index < -0.39 is 8.80 Å². The summed E-state index contributed by atoms with van der Waals surface area (Å²) in [5.41, 5.74) is 0.883. The summed E-state index contributed by atoms with van der Waals surface area (Å²) in [5, 5.41) is 3.34. The van der Waals surface area contributed by atoms with Crippen LogP contribution in [0.1, 0.15) is 12.1 Å². The minimum atomic E-state index is -2.41. The van der Waals surface area contributed by atoms with Crippen LogP contribution in [0, 0.1) is 0 Å². The molecule has 0 bridgehead atoms. The van der Waals surface area contributed by atoms with Gasteiger partial charge in [0.2, 0.25) is 0 Å². The number of nitrogens with one attached hydrogen (secondary N) is 1. The van der Waals surface area contributed by atoms with Crippen molar-refractivity contribution >= 4 is 15.0 Å². The van der Waals surface area contributed by atoms with E-state index >= 15 is 0 Å². The molecule has 0 atom stereocenters. The van der Waals surface area contributed by atoms with Crippen LogP contribution in [0.4, 0.5) is 0 Å². The molecule has 1 rings (SSSR count). The monoisotopic (exact) mass is 311 g/mol. The van der Waals surface area contributed by atoms with E-state index in [9.17, 15) is 0 Å². The van der Waals surface area contributed by atoms with Crippen LogP contribution < -0.4 is 5.32 Å². The van der Waals surface area contributed by atoms with Gasteiger partial charge in [0.1, 0.15) is 0 Å². The Hall–Kier alpha value is -1.12. The van der Waals surface area contributed by atoms with E-state index in [4.69, 9.17) is 13.3 Å². The predicted octanol–water partition coefficient (Wildman–Crippen LogP) is 1.36. The summed E-state index contributed by atoms with van der Waals surface area (Å²) < 4.78 is 16.1. The van der Waals surface area contributed by atoms with Gasteiger partial charge in [-0.2, -0.15) is 0 Å². The molecule has 0 aliphatic rings. The Morgan fingerprint density at radius 3 is 2.57 bits per heavy atom. The molecule has 1 aromatic rings. The number of aromatic nitrogens is 1. The van der Waals surface area contributed by atoms with E-state index in [0.29, 0.717) is 0 Å². The third-order valence-electron chi connectivity index (χ3n) is 3.10.